The normalized spacial score (nSPS) is 12.7. The molecule has 2 aromatic rings. The number of benzene rings is 1. The maximum absolute atomic E-state index is 13.7. The lowest BCUT2D eigenvalue weighted by molar-refractivity contribution is -0.118. The van der Waals surface area contributed by atoms with Crippen molar-refractivity contribution in [2.45, 2.75) is 6.04 Å². The molecule has 8 nitrogen and oxygen atoms in total. The number of carbonyl (C=O) groups is 1. The van der Waals surface area contributed by atoms with Crippen LogP contribution in [-0.2, 0) is 21.9 Å². The number of amides is 1. The second-order valence-electron chi connectivity index (χ2n) is 5.23. The van der Waals surface area contributed by atoms with Gasteiger partial charge in [0, 0.05) is 24.5 Å². The fourth-order valence-electron chi connectivity index (χ4n) is 2.13. The van der Waals surface area contributed by atoms with E-state index >= 15 is 0 Å². The lowest BCUT2D eigenvalue weighted by Crippen LogP contribution is -2.30. The van der Waals surface area contributed by atoms with Gasteiger partial charge in [0.2, 0.25) is 15.9 Å². The molecule has 1 aromatic carbocycles. The van der Waals surface area contributed by atoms with Crippen molar-refractivity contribution in [1.29, 1.82) is 0 Å². The van der Waals surface area contributed by atoms with Gasteiger partial charge in [-0.15, -0.1) is 0 Å². The van der Waals surface area contributed by atoms with E-state index in [9.17, 15) is 17.6 Å². The van der Waals surface area contributed by atoms with E-state index < -0.39 is 21.9 Å². The highest BCUT2D eigenvalue weighted by molar-refractivity contribution is 7.92. The van der Waals surface area contributed by atoms with E-state index in [4.69, 9.17) is 0 Å². The maximum atomic E-state index is 13.7. The average Bonchev–Trinajstić information content (AvgIpc) is 2.88. The van der Waals surface area contributed by atoms with Crippen LogP contribution in [0.5, 0.6) is 0 Å². The van der Waals surface area contributed by atoms with Crippen LogP contribution >= 0.6 is 0 Å². The highest BCUT2D eigenvalue weighted by atomic mass is 32.2. The molecule has 0 bridgehead atoms. The third-order valence-corrected chi connectivity index (χ3v) is 3.73. The second-order valence-corrected chi connectivity index (χ2v) is 6.98. The highest BCUT2D eigenvalue weighted by Crippen LogP contribution is 2.22. The summed E-state index contributed by atoms with van der Waals surface area (Å²) in [6, 6.07) is 2.97. The van der Waals surface area contributed by atoms with Crippen molar-refractivity contribution in [1.82, 2.24) is 15.1 Å². The molecular weight excluding hydrogens is 337 g/mol. The fraction of sp³-hybridized carbons (Fsp3) is 0.286. The Morgan fingerprint density at radius 2 is 2.08 bits per heavy atom. The van der Waals surface area contributed by atoms with Gasteiger partial charge in [0.25, 0.3) is 0 Å². The third-order valence-electron chi connectivity index (χ3n) is 3.14. The summed E-state index contributed by atoms with van der Waals surface area (Å²) in [5, 5.41) is 9.49. The van der Waals surface area contributed by atoms with E-state index in [2.05, 4.69) is 20.5 Å². The SMILES string of the molecule is CNC(C(=O)Nc1ccc(F)c(NS(C)(=O)=O)c1)c1cnn(C)c1. The number of nitrogens with one attached hydrogen (secondary N) is 3. The Labute approximate surface area is 139 Å². The molecule has 0 saturated heterocycles. The lowest BCUT2D eigenvalue weighted by atomic mass is 10.1. The van der Waals surface area contributed by atoms with Crippen LogP contribution in [0.1, 0.15) is 11.6 Å². The first kappa shape index (κ1) is 17.9. The van der Waals surface area contributed by atoms with E-state index in [0.717, 1.165) is 12.3 Å². The van der Waals surface area contributed by atoms with Crippen molar-refractivity contribution in [3.8, 4) is 0 Å². The number of likely N-dealkylation sites (N-methyl/N-ethyl adjacent to an activating group) is 1. The number of hydrogen-bond donors (Lipinski definition) is 3. The van der Waals surface area contributed by atoms with Gasteiger partial charge >= 0.3 is 0 Å². The van der Waals surface area contributed by atoms with E-state index in [-0.39, 0.29) is 17.3 Å². The van der Waals surface area contributed by atoms with Gasteiger partial charge in [-0.3, -0.25) is 14.2 Å². The number of aryl methyl sites for hydroxylation is 1. The largest absolute Gasteiger partial charge is 0.324 e. The van der Waals surface area contributed by atoms with Gasteiger partial charge in [-0.05, 0) is 25.2 Å². The van der Waals surface area contributed by atoms with Gasteiger partial charge in [0.15, 0.2) is 0 Å². The van der Waals surface area contributed by atoms with Crippen LogP contribution in [0, 0.1) is 5.82 Å². The van der Waals surface area contributed by atoms with Crippen LogP contribution in [0.15, 0.2) is 30.6 Å². The molecule has 1 atom stereocenters. The van der Waals surface area contributed by atoms with Gasteiger partial charge < -0.3 is 10.6 Å². The molecular formula is C14H18FN5O3S. The Hall–Kier alpha value is -2.46. The number of nitrogens with zero attached hydrogens (tertiary/aromatic N) is 2. The summed E-state index contributed by atoms with van der Waals surface area (Å²) < 4.78 is 39.8. The quantitative estimate of drug-likeness (QED) is 0.712. The van der Waals surface area contributed by atoms with E-state index in [1.807, 2.05) is 0 Å². The molecule has 0 radical (unpaired) electrons. The smallest absolute Gasteiger partial charge is 0.246 e. The highest BCUT2D eigenvalue weighted by Gasteiger charge is 2.20. The molecule has 0 aliphatic rings. The maximum Gasteiger partial charge on any atom is 0.246 e. The van der Waals surface area contributed by atoms with Crippen LogP contribution in [0.3, 0.4) is 0 Å². The summed E-state index contributed by atoms with van der Waals surface area (Å²) in [4.78, 5) is 12.4. The first-order valence-electron chi connectivity index (χ1n) is 6.93. The molecule has 130 valence electrons. The zero-order chi connectivity index (χ0) is 17.9. The van der Waals surface area contributed by atoms with Crippen molar-refractivity contribution in [3.63, 3.8) is 0 Å². The number of sulfonamides is 1. The molecule has 10 heteroatoms. The minimum absolute atomic E-state index is 0.238. The van der Waals surface area contributed by atoms with Crippen molar-refractivity contribution in [2.75, 3.05) is 23.3 Å². The second kappa shape index (κ2) is 6.97. The molecule has 1 heterocycles. The number of rotatable bonds is 6. The number of carbonyl (C=O) groups excluding carboxylic acids is 1. The van der Waals surface area contributed by atoms with Crippen LogP contribution in [0.25, 0.3) is 0 Å². The van der Waals surface area contributed by atoms with Gasteiger partial charge in [-0.25, -0.2) is 12.8 Å². The Morgan fingerprint density at radius 3 is 2.62 bits per heavy atom. The molecule has 3 N–H and O–H groups in total. The van der Waals surface area contributed by atoms with Crippen molar-refractivity contribution < 1.29 is 17.6 Å². The van der Waals surface area contributed by atoms with Crippen molar-refractivity contribution in [3.05, 3.63) is 42.0 Å². The molecule has 0 fully saturated rings. The van der Waals surface area contributed by atoms with Crippen LogP contribution in [0.4, 0.5) is 15.8 Å². The molecule has 1 unspecified atom stereocenters. The first-order valence-corrected chi connectivity index (χ1v) is 8.83. The Bertz CT molecular complexity index is 850. The summed E-state index contributed by atoms with van der Waals surface area (Å²) >= 11 is 0. The number of anilines is 2. The topological polar surface area (TPSA) is 105 Å². The number of hydrogen-bond acceptors (Lipinski definition) is 5. The standard InChI is InChI=1S/C14H18FN5O3S/c1-16-13(9-7-17-20(2)8-9)14(21)18-10-4-5-11(15)12(6-10)19-24(3,22)23/h4-8,13,16,19H,1-3H3,(H,18,21). The van der Waals surface area contributed by atoms with E-state index in [1.54, 1.807) is 31.2 Å². The molecule has 0 aliphatic heterocycles. The van der Waals surface area contributed by atoms with Gasteiger partial charge in [-0.1, -0.05) is 0 Å². The summed E-state index contributed by atoms with van der Waals surface area (Å²) in [6.07, 6.45) is 4.17. The molecule has 0 aliphatic carbocycles. The van der Waals surface area contributed by atoms with Crippen LogP contribution in [0.2, 0.25) is 0 Å². The fourth-order valence-corrected chi connectivity index (χ4v) is 2.69. The monoisotopic (exact) mass is 355 g/mol. The van der Waals surface area contributed by atoms with E-state index in [1.165, 1.54) is 12.1 Å². The summed E-state index contributed by atoms with van der Waals surface area (Å²) in [5.41, 5.74) is 0.684. The van der Waals surface area contributed by atoms with Crippen LogP contribution < -0.4 is 15.4 Å². The molecule has 1 amide bonds. The predicted octanol–water partition coefficient (Wildman–Crippen LogP) is 0.830. The van der Waals surface area contributed by atoms with Gasteiger partial charge in [0.1, 0.15) is 11.9 Å². The first-order chi connectivity index (χ1) is 11.2. The number of halogens is 1. The average molecular weight is 355 g/mol. The molecule has 24 heavy (non-hydrogen) atoms. The number of aromatic nitrogens is 2. The lowest BCUT2D eigenvalue weighted by Gasteiger charge is -2.15. The van der Waals surface area contributed by atoms with Gasteiger partial charge in [0.05, 0.1) is 18.1 Å². The predicted molar refractivity (Wildman–Crippen MR) is 88.5 cm³/mol. The molecule has 2 rings (SSSR count). The molecule has 1 aromatic heterocycles. The Morgan fingerprint density at radius 1 is 1.38 bits per heavy atom. The van der Waals surface area contributed by atoms with Crippen LogP contribution in [-0.4, -0.2) is 37.4 Å². The summed E-state index contributed by atoms with van der Waals surface area (Å²) in [7, 11) is -0.275. The Balaban J connectivity index is 2.20. The zero-order valence-corrected chi connectivity index (χ0v) is 14.2. The van der Waals surface area contributed by atoms with Crippen molar-refractivity contribution in [2.24, 2.45) is 7.05 Å². The third kappa shape index (κ3) is 4.52. The van der Waals surface area contributed by atoms with E-state index in [0.29, 0.717) is 5.56 Å². The minimum Gasteiger partial charge on any atom is -0.324 e. The minimum atomic E-state index is -3.63. The van der Waals surface area contributed by atoms with Crippen molar-refractivity contribution >= 4 is 27.3 Å². The summed E-state index contributed by atoms with van der Waals surface area (Å²) in [5.74, 6) is -1.13. The molecule has 0 saturated carbocycles. The summed E-state index contributed by atoms with van der Waals surface area (Å²) in [6.45, 7) is 0. The molecule has 0 spiro atoms. The Kier molecular flexibility index (Phi) is 5.20. The van der Waals surface area contributed by atoms with Gasteiger partial charge in [-0.2, -0.15) is 5.10 Å². The zero-order valence-electron chi connectivity index (χ0n) is 13.4.